The van der Waals surface area contributed by atoms with E-state index >= 15 is 0 Å². The minimum absolute atomic E-state index is 0.000282. The molecule has 100 valence electrons. The topological polar surface area (TPSA) is 72.9 Å². The molecule has 5 heteroatoms. The van der Waals surface area contributed by atoms with Gasteiger partial charge in [-0.1, -0.05) is 13.8 Å². The number of nitrogens with one attached hydrogen (secondary N) is 1. The van der Waals surface area contributed by atoms with Gasteiger partial charge in [-0.2, -0.15) is 5.10 Å². The molecule has 0 radical (unpaired) electrons. The van der Waals surface area contributed by atoms with Crippen LogP contribution >= 0.6 is 0 Å². The Balaban J connectivity index is 2.23. The van der Waals surface area contributed by atoms with Crippen molar-refractivity contribution in [3.63, 3.8) is 0 Å². The fourth-order valence-electron chi connectivity index (χ4n) is 1.65. The van der Waals surface area contributed by atoms with Gasteiger partial charge in [0.2, 0.25) is 5.91 Å². The van der Waals surface area contributed by atoms with E-state index in [1.54, 1.807) is 29.1 Å². The molecule has 0 spiro atoms. The lowest BCUT2D eigenvalue weighted by Gasteiger charge is -2.12. The molecule has 0 fully saturated rings. The van der Waals surface area contributed by atoms with Gasteiger partial charge in [0, 0.05) is 17.7 Å². The number of nitrogen functional groups attached to an aromatic ring is 1. The first-order valence-corrected chi connectivity index (χ1v) is 6.32. The molecule has 19 heavy (non-hydrogen) atoms. The average Bonchev–Trinajstić information content (AvgIpc) is 2.86. The highest BCUT2D eigenvalue weighted by Gasteiger charge is 2.13. The van der Waals surface area contributed by atoms with E-state index in [1.165, 1.54) is 0 Å². The van der Waals surface area contributed by atoms with Gasteiger partial charge in [-0.25, -0.2) is 4.68 Å². The molecule has 1 aromatic carbocycles. The number of carbonyl (C=O) groups is 1. The van der Waals surface area contributed by atoms with Gasteiger partial charge < -0.3 is 11.1 Å². The molecule has 0 saturated carbocycles. The quantitative estimate of drug-likeness (QED) is 0.827. The number of hydrogen-bond acceptors (Lipinski definition) is 3. The van der Waals surface area contributed by atoms with Crippen LogP contribution in [0, 0.1) is 5.92 Å². The molecule has 1 unspecified atom stereocenters. The maximum Gasteiger partial charge on any atom is 0.228 e. The summed E-state index contributed by atoms with van der Waals surface area (Å²) in [5, 5.41) is 7.10. The second-order valence-electron chi connectivity index (χ2n) is 4.52. The van der Waals surface area contributed by atoms with Crippen LogP contribution in [0.2, 0.25) is 0 Å². The Morgan fingerprint density at radius 3 is 2.68 bits per heavy atom. The van der Waals surface area contributed by atoms with E-state index in [9.17, 15) is 4.79 Å². The molecule has 2 aromatic rings. The molecule has 0 saturated heterocycles. The van der Waals surface area contributed by atoms with Crippen molar-refractivity contribution in [3.8, 4) is 5.69 Å². The van der Waals surface area contributed by atoms with Gasteiger partial charge in [0.1, 0.15) is 5.82 Å². The smallest absolute Gasteiger partial charge is 0.228 e. The van der Waals surface area contributed by atoms with E-state index < -0.39 is 0 Å². The number of benzene rings is 1. The summed E-state index contributed by atoms with van der Waals surface area (Å²) < 4.78 is 1.68. The van der Waals surface area contributed by atoms with Crippen molar-refractivity contribution in [3.05, 3.63) is 36.5 Å². The first-order valence-electron chi connectivity index (χ1n) is 6.32. The predicted octanol–water partition coefficient (Wildman–Crippen LogP) is 2.44. The van der Waals surface area contributed by atoms with Gasteiger partial charge in [0.25, 0.3) is 0 Å². The van der Waals surface area contributed by atoms with Crippen LogP contribution in [0.5, 0.6) is 0 Å². The third-order valence-corrected chi connectivity index (χ3v) is 3.09. The first kappa shape index (κ1) is 13.1. The Kier molecular flexibility index (Phi) is 3.85. The summed E-state index contributed by atoms with van der Waals surface area (Å²) in [5.74, 6) is 0.643. The minimum atomic E-state index is -0.0187. The fourth-order valence-corrected chi connectivity index (χ4v) is 1.65. The second-order valence-corrected chi connectivity index (χ2v) is 4.52. The van der Waals surface area contributed by atoms with Crippen LogP contribution in [0.3, 0.4) is 0 Å². The summed E-state index contributed by atoms with van der Waals surface area (Å²) in [5.41, 5.74) is 7.21. The molecule has 3 N–H and O–H groups in total. The van der Waals surface area contributed by atoms with E-state index in [4.69, 9.17) is 5.73 Å². The Morgan fingerprint density at radius 2 is 2.05 bits per heavy atom. The molecule has 1 amide bonds. The molecule has 0 bridgehead atoms. The number of nitrogens with zero attached hydrogens (tertiary/aromatic N) is 2. The van der Waals surface area contributed by atoms with Crippen molar-refractivity contribution >= 4 is 17.4 Å². The van der Waals surface area contributed by atoms with Crippen LogP contribution in [0.1, 0.15) is 20.3 Å². The molecular weight excluding hydrogens is 240 g/mol. The molecular formula is C14H18N4O. The number of rotatable bonds is 4. The molecule has 1 atom stereocenters. The Hall–Kier alpha value is -2.30. The lowest BCUT2D eigenvalue weighted by Crippen LogP contribution is -2.21. The number of aromatic nitrogens is 2. The van der Waals surface area contributed by atoms with Crippen molar-refractivity contribution in [2.24, 2.45) is 5.92 Å². The molecule has 0 aliphatic heterocycles. The van der Waals surface area contributed by atoms with Crippen LogP contribution in [0.4, 0.5) is 11.5 Å². The summed E-state index contributed by atoms with van der Waals surface area (Å²) in [6, 6.07) is 9.10. The van der Waals surface area contributed by atoms with Gasteiger partial charge in [0.05, 0.1) is 11.9 Å². The molecule has 2 rings (SSSR count). The lowest BCUT2D eigenvalue weighted by atomic mass is 10.1. The van der Waals surface area contributed by atoms with Crippen molar-refractivity contribution in [1.29, 1.82) is 0 Å². The Morgan fingerprint density at radius 1 is 1.37 bits per heavy atom. The molecule has 1 aromatic heterocycles. The Labute approximate surface area is 112 Å². The standard InChI is InChI=1S/C14H18N4O/c1-3-10(2)14(19)17-13-8-9-16-18(13)12-6-4-11(15)5-7-12/h4-10H,3,15H2,1-2H3,(H,17,19). The zero-order valence-corrected chi connectivity index (χ0v) is 11.1. The maximum atomic E-state index is 11.9. The first-order chi connectivity index (χ1) is 9.11. The highest BCUT2D eigenvalue weighted by molar-refractivity contribution is 5.91. The Bertz CT molecular complexity index is 559. The summed E-state index contributed by atoms with van der Waals surface area (Å²) in [7, 11) is 0. The van der Waals surface area contributed by atoms with Crippen LogP contribution < -0.4 is 11.1 Å². The summed E-state index contributed by atoms with van der Waals surface area (Å²) >= 11 is 0. The van der Waals surface area contributed by atoms with Crippen molar-refractivity contribution in [1.82, 2.24) is 9.78 Å². The van der Waals surface area contributed by atoms with E-state index in [0.717, 1.165) is 12.1 Å². The highest BCUT2D eigenvalue weighted by Crippen LogP contribution is 2.17. The third kappa shape index (κ3) is 2.93. The van der Waals surface area contributed by atoms with Gasteiger partial charge >= 0.3 is 0 Å². The third-order valence-electron chi connectivity index (χ3n) is 3.09. The van der Waals surface area contributed by atoms with Gasteiger partial charge in [-0.3, -0.25) is 4.79 Å². The second kappa shape index (κ2) is 5.56. The van der Waals surface area contributed by atoms with Crippen molar-refractivity contribution in [2.75, 3.05) is 11.1 Å². The number of hydrogen-bond donors (Lipinski definition) is 2. The SMILES string of the molecule is CCC(C)C(=O)Nc1ccnn1-c1ccc(N)cc1. The lowest BCUT2D eigenvalue weighted by molar-refractivity contribution is -0.119. The maximum absolute atomic E-state index is 11.9. The summed E-state index contributed by atoms with van der Waals surface area (Å²) in [6.45, 7) is 3.89. The zero-order chi connectivity index (χ0) is 13.8. The highest BCUT2D eigenvalue weighted by atomic mass is 16.1. The molecule has 0 aliphatic rings. The van der Waals surface area contributed by atoms with E-state index in [-0.39, 0.29) is 11.8 Å². The van der Waals surface area contributed by atoms with Crippen LogP contribution in [0.25, 0.3) is 5.69 Å². The molecule has 0 aliphatic carbocycles. The average molecular weight is 258 g/mol. The summed E-state index contributed by atoms with van der Waals surface area (Å²) in [6.07, 6.45) is 2.46. The van der Waals surface area contributed by atoms with E-state index in [1.807, 2.05) is 26.0 Å². The van der Waals surface area contributed by atoms with Crippen molar-refractivity contribution in [2.45, 2.75) is 20.3 Å². The number of amides is 1. The summed E-state index contributed by atoms with van der Waals surface area (Å²) in [4.78, 5) is 11.9. The van der Waals surface area contributed by atoms with Gasteiger partial charge in [-0.05, 0) is 30.7 Å². The molecule has 1 heterocycles. The van der Waals surface area contributed by atoms with Gasteiger partial charge in [0.15, 0.2) is 0 Å². The minimum Gasteiger partial charge on any atom is -0.399 e. The van der Waals surface area contributed by atoms with E-state index in [0.29, 0.717) is 11.5 Å². The van der Waals surface area contributed by atoms with Gasteiger partial charge in [-0.15, -0.1) is 0 Å². The molecule has 5 nitrogen and oxygen atoms in total. The monoisotopic (exact) mass is 258 g/mol. The van der Waals surface area contributed by atoms with Crippen LogP contribution in [0.15, 0.2) is 36.5 Å². The number of nitrogens with two attached hydrogens (primary N) is 1. The van der Waals surface area contributed by atoms with Crippen LogP contribution in [-0.2, 0) is 4.79 Å². The largest absolute Gasteiger partial charge is 0.399 e. The predicted molar refractivity (Wildman–Crippen MR) is 76.1 cm³/mol. The number of anilines is 2. The van der Waals surface area contributed by atoms with E-state index in [2.05, 4.69) is 10.4 Å². The normalized spacial score (nSPS) is 12.1. The fraction of sp³-hybridized carbons (Fsp3) is 0.286. The van der Waals surface area contributed by atoms with Crippen LogP contribution in [-0.4, -0.2) is 15.7 Å². The number of carbonyl (C=O) groups excluding carboxylic acids is 1. The zero-order valence-electron chi connectivity index (χ0n) is 11.1. The van der Waals surface area contributed by atoms with Crippen molar-refractivity contribution < 1.29 is 4.79 Å².